The van der Waals surface area contributed by atoms with Crippen LogP contribution >= 0.6 is 0 Å². The van der Waals surface area contributed by atoms with Gasteiger partial charge in [-0.3, -0.25) is 4.79 Å². The van der Waals surface area contributed by atoms with Gasteiger partial charge in [-0.2, -0.15) is 0 Å². The molecule has 0 spiro atoms. The molecule has 0 saturated carbocycles. The normalized spacial score (nSPS) is 23.6. The van der Waals surface area contributed by atoms with Gasteiger partial charge in [-0.25, -0.2) is 0 Å². The Morgan fingerprint density at radius 3 is 2.55 bits per heavy atom. The van der Waals surface area contributed by atoms with Crippen LogP contribution in [0.3, 0.4) is 0 Å². The molecule has 2 aliphatic heterocycles. The number of nitrogens with two attached hydrogens (primary N) is 1. The lowest BCUT2D eigenvalue weighted by Crippen LogP contribution is -2.51. The molecule has 1 aromatic rings. The smallest absolute Gasteiger partial charge is 0.274 e. The summed E-state index contributed by atoms with van der Waals surface area (Å²) in [6.07, 6.45) is 5.55. The molecule has 3 heterocycles. The first-order chi connectivity index (χ1) is 10.7. The van der Waals surface area contributed by atoms with Crippen LogP contribution in [0.1, 0.15) is 49.5 Å². The van der Waals surface area contributed by atoms with Crippen LogP contribution in [0.5, 0.6) is 0 Å². The number of piperidine rings is 1. The highest BCUT2D eigenvalue weighted by molar-refractivity contribution is 5.92. The van der Waals surface area contributed by atoms with E-state index in [1.54, 1.807) is 6.07 Å². The van der Waals surface area contributed by atoms with Crippen molar-refractivity contribution in [3.63, 3.8) is 0 Å². The van der Waals surface area contributed by atoms with Crippen LogP contribution in [-0.4, -0.2) is 52.7 Å². The van der Waals surface area contributed by atoms with Crippen molar-refractivity contribution in [2.24, 2.45) is 5.73 Å². The minimum atomic E-state index is -0.0394. The lowest BCUT2D eigenvalue weighted by atomic mass is 9.96. The molecule has 6 heteroatoms. The quantitative estimate of drug-likeness (QED) is 0.914. The summed E-state index contributed by atoms with van der Waals surface area (Å²) in [5.74, 6) is 0.832. The maximum Gasteiger partial charge on any atom is 0.274 e. The molecular formula is C16H25N5O. The standard InChI is InChI=1S/C16H25N5O/c1-12(17)14-6-2-3-11-21(14)16(22)13-7-8-15(19-18-13)20-9-4-5-10-20/h7-8,12,14H,2-6,9-11,17H2,1H3/t12-,14-/m1/s1. The van der Waals surface area contributed by atoms with Gasteiger partial charge in [-0.1, -0.05) is 0 Å². The number of carbonyl (C=O) groups is 1. The molecule has 0 radical (unpaired) electrons. The van der Waals surface area contributed by atoms with Crippen LogP contribution in [0, 0.1) is 0 Å². The Kier molecular flexibility index (Phi) is 4.57. The molecule has 6 nitrogen and oxygen atoms in total. The first-order valence-electron chi connectivity index (χ1n) is 8.32. The number of aromatic nitrogens is 2. The predicted octanol–water partition coefficient (Wildman–Crippen LogP) is 1.42. The number of hydrogen-bond acceptors (Lipinski definition) is 5. The van der Waals surface area contributed by atoms with Gasteiger partial charge in [0.05, 0.1) is 0 Å². The third kappa shape index (κ3) is 3.06. The first-order valence-corrected chi connectivity index (χ1v) is 8.32. The van der Waals surface area contributed by atoms with Gasteiger partial charge < -0.3 is 15.5 Å². The average Bonchev–Trinajstić information content (AvgIpc) is 3.09. The zero-order valence-electron chi connectivity index (χ0n) is 13.2. The predicted molar refractivity (Wildman–Crippen MR) is 85.8 cm³/mol. The number of nitrogens with zero attached hydrogens (tertiary/aromatic N) is 4. The van der Waals surface area contributed by atoms with E-state index in [4.69, 9.17) is 5.73 Å². The number of carbonyl (C=O) groups excluding carboxylic acids is 1. The highest BCUT2D eigenvalue weighted by Crippen LogP contribution is 2.22. The van der Waals surface area contributed by atoms with Crippen molar-refractivity contribution in [2.45, 2.75) is 51.1 Å². The molecule has 0 bridgehead atoms. The Morgan fingerprint density at radius 2 is 1.91 bits per heavy atom. The van der Waals surface area contributed by atoms with Gasteiger partial charge >= 0.3 is 0 Å². The van der Waals surface area contributed by atoms with Gasteiger partial charge in [0.25, 0.3) is 5.91 Å². The monoisotopic (exact) mass is 303 g/mol. The van der Waals surface area contributed by atoms with Gasteiger partial charge in [0.15, 0.2) is 11.5 Å². The fourth-order valence-corrected chi connectivity index (χ4v) is 3.46. The minimum Gasteiger partial charge on any atom is -0.355 e. The van der Waals surface area contributed by atoms with Crippen molar-refractivity contribution in [2.75, 3.05) is 24.5 Å². The number of amides is 1. The van der Waals surface area contributed by atoms with Crippen LogP contribution in [-0.2, 0) is 0 Å². The fourth-order valence-electron chi connectivity index (χ4n) is 3.46. The second kappa shape index (κ2) is 6.60. The second-order valence-electron chi connectivity index (χ2n) is 6.39. The molecule has 120 valence electrons. The maximum absolute atomic E-state index is 12.7. The van der Waals surface area contributed by atoms with Crippen LogP contribution in [0.25, 0.3) is 0 Å². The van der Waals surface area contributed by atoms with Gasteiger partial charge in [0.2, 0.25) is 0 Å². The minimum absolute atomic E-state index is 0.0129. The number of rotatable bonds is 3. The lowest BCUT2D eigenvalue weighted by Gasteiger charge is -2.37. The van der Waals surface area contributed by atoms with Gasteiger partial charge in [-0.15, -0.1) is 10.2 Å². The highest BCUT2D eigenvalue weighted by atomic mass is 16.2. The Labute approximate surface area is 131 Å². The van der Waals surface area contributed by atoms with Gasteiger partial charge in [0, 0.05) is 31.7 Å². The summed E-state index contributed by atoms with van der Waals surface area (Å²) in [5.41, 5.74) is 6.47. The van der Waals surface area contributed by atoms with Crippen LogP contribution in [0.15, 0.2) is 12.1 Å². The first kappa shape index (κ1) is 15.2. The third-order valence-electron chi connectivity index (χ3n) is 4.72. The number of likely N-dealkylation sites (tertiary alicyclic amines) is 1. The van der Waals surface area contributed by atoms with Crippen molar-refractivity contribution in [3.8, 4) is 0 Å². The average molecular weight is 303 g/mol. The summed E-state index contributed by atoms with van der Waals surface area (Å²) in [4.78, 5) is 16.8. The topological polar surface area (TPSA) is 75.3 Å². The number of hydrogen-bond donors (Lipinski definition) is 1. The molecule has 0 aliphatic carbocycles. The van der Waals surface area contributed by atoms with E-state index in [1.807, 2.05) is 17.9 Å². The highest BCUT2D eigenvalue weighted by Gasteiger charge is 2.30. The second-order valence-corrected chi connectivity index (χ2v) is 6.39. The molecule has 1 amide bonds. The Morgan fingerprint density at radius 1 is 1.18 bits per heavy atom. The summed E-state index contributed by atoms with van der Waals surface area (Å²) in [7, 11) is 0. The van der Waals surface area contributed by atoms with Crippen molar-refractivity contribution < 1.29 is 4.79 Å². The molecule has 3 rings (SSSR count). The van der Waals surface area contributed by atoms with E-state index >= 15 is 0 Å². The van der Waals surface area contributed by atoms with E-state index in [9.17, 15) is 4.79 Å². The van der Waals surface area contributed by atoms with Crippen LogP contribution < -0.4 is 10.6 Å². The molecule has 2 aliphatic rings. The maximum atomic E-state index is 12.7. The Bertz CT molecular complexity index is 510. The molecule has 22 heavy (non-hydrogen) atoms. The SMILES string of the molecule is C[C@@H](N)[C@H]1CCCCN1C(=O)c1ccc(N2CCCC2)nn1. The molecule has 0 unspecified atom stereocenters. The van der Waals surface area contributed by atoms with E-state index < -0.39 is 0 Å². The largest absolute Gasteiger partial charge is 0.355 e. The van der Waals surface area contributed by atoms with E-state index in [0.717, 1.165) is 44.7 Å². The molecule has 1 aromatic heterocycles. The summed E-state index contributed by atoms with van der Waals surface area (Å²) in [6.45, 7) is 4.79. The fraction of sp³-hybridized carbons (Fsp3) is 0.688. The number of anilines is 1. The summed E-state index contributed by atoms with van der Waals surface area (Å²) in [5, 5.41) is 8.41. The van der Waals surface area contributed by atoms with Crippen molar-refractivity contribution in [1.82, 2.24) is 15.1 Å². The molecule has 0 aromatic carbocycles. The molecule has 2 atom stereocenters. The van der Waals surface area contributed by atoms with Crippen molar-refractivity contribution in [3.05, 3.63) is 17.8 Å². The van der Waals surface area contributed by atoms with Crippen LogP contribution in [0.4, 0.5) is 5.82 Å². The Balaban J connectivity index is 1.73. The van der Waals surface area contributed by atoms with E-state index in [2.05, 4.69) is 15.1 Å². The molecule has 2 fully saturated rings. The zero-order chi connectivity index (χ0) is 15.5. The molecule has 2 N–H and O–H groups in total. The van der Waals surface area contributed by atoms with E-state index in [1.165, 1.54) is 12.8 Å². The zero-order valence-corrected chi connectivity index (χ0v) is 13.2. The molecular weight excluding hydrogens is 278 g/mol. The summed E-state index contributed by atoms with van der Waals surface area (Å²) in [6, 6.07) is 3.81. The van der Waals surface area contributed by atoms with Crippen molar-refractivity contribution >= 4 is 11.7 Å². The van der Waals surface area contributed by atoms with E-state index in [0.29, 0.717) is 5.69 Å². The third-order valence-corrected chi connectivity index (χ3v) is 4.72. The van der Waals surface area contributed by atoms with Crippen molar-refractivity contribution in [1.29, 1.82) is 0 Å². The summed E-state index contributed by atoms with van der Waals surface area (Å²) < 4.78 is 0. The molecule has 2 saturated heterocycles. The van der Waals surface area contributed by atoms with Crippen LogP contribution in [0.2, 0.25) is 0 Å². The van der Waals surface area contributed by atoms with Gasteiger partial charge in [0.1, 0.15) is 0 Å². The Hall–Kier alpha value is -1.69. The lowest BCUT2D eigenvalue weighted by molar-refractivity contribution is 0.0576. The summed E-state index contributed by atoms with van der Waals surface area (Å²) >= 11 is 0. The van der Waals surface area contributed by atoms with Gasteiger partial charge in [-0.05, 0) is 51.2 Å². The van der Waals surface area contributed by atoms with E-state index in [-0.39, 0.29) is 18.0 Å².